The van der Waals surface area contributed by atoms with Gasteiger partial charge in [0.05, 0.1) is 5.84 Å². The molecule has 0 spiro atoms. The van der Waals surface area contributed by atoms with Gasteiger partial charge in [0.2, 0.25) is 0 Å². The predicted octanol–water partition coefficient (Wildman–Crippen LogP) is 2.33. The van der Waals surface area contributed by atoms with Crippen LogP contribution in [0.1, 0.15) is 46.0 Å². The Hall–Kier alpha value is -0.530. The average molecular weight is 168 g/mol. The molecule has 1 rings (SSSR count). The third-order valence-corrected chi connectivity index (χ3v) is 2.96. The van der Waals surface area contributed by atoms with Crippen molar-refractivity contribution in [2.45, 2.75) is 46.0 Å². The molecule has 1 unspecified atom stereocenters. The standard InChI is InChI=1S/C10H20N2/c1-3-10(2)6-4-5-7-12-9(11)8-10/h3-8H2,1-2H3,(H2,11,12). The highest BCUT2D eigenvalue weighted by atomic mass is 14.8. The van der Waals surface area contributed by atoms with E-state index >= 15 is 0 Å². The van der Waals surface area contributed by atoms with Gasteiger partial charge < -0.3 is 5.73 Å². The highest BCUT2D eigenvalue weighted by Crippen LogP contribution is 2.32. The normalized spacial score (nSPS) is 32.0. The molecule has 0 aromatic heterocycles. The van der Waals surface area contributed by atoms with E-state index in [-0.39, 0.29) is 0 Å². The number of nitrogens with two attached hydrogens (primary N) is 1. The van der Waals surface area contributed by atoms with Gasteiger partial charge >= 0.3 is 0 Å². The predicted molar refractivity (Wildman–Crippen MR) is 53.4 cm³/mol. The second-order valence-electron chi connectivity index (χ2n) is 4.17. The van der Waals surface area contributed by atoms with E-state index in [0.29, 0.717) is 5.41 Å². The minimum absolute atomic E-state index is 0.411. The molecule has 2 heteroatoms. The largest absolute Gasteiger partial charge is 0.387 e. The molecular weight excluding hydrogens is 148 g/mol. The van der Waals surface area contributed by atoms with Gasteiger partial charge in [-0.1, -0.05) is 26.7 Å². The summed E-state index contributed by atoms with van der Waals surface area (Å²) in [7, 11) is 0. The molecule has 0 radical (unpaired) electrons. The minimum Gasteiger partial charge on any atom is -0.387 e. The summed E-state index contributed by atoms with van der Waals surface area (Å²) in [5.74, 6) is 0.860. The Morgan fingerprint density at radius 2 is 2.25 bits per heavy atom. The fraction of sp³-hybridized carbons (Fsp3) is 0.900. The van der Waals surface area contributed by atoms with E-state index in [4.69, 9.17) is 5.73 Å². The second-order valence-corrected chi connectivity index (χ2v) is 4.17. The summed E-state index contributed by atoms with van der Waals surface area (Å²) < 4.78 is 0. The minimum atomic E-state index is 0.411. The van der Waals surface area contributed by atoms with Crippen LogP contribution in [0.3, 0.4) is 0 Å². The Labute approximate surface area is 75.3 Å². The molecule has 12 heavy (non-hydrogen) atoms. The van der Waals surface area contributed by atoms with E-state index in [9.17, 15) is 0 Å². The maximum absolute atomic E-state index is 5.81. The van der Waals surface area contributed by atoms with Crippen LogP contribution in [0.15, 0.2) is 4.99 Å². The third-order valence-electron chi connectivity index (χ3n) is 2.96. The highest BCUT2D eigenvalue weighted by Gasteiger charge is 2.23. The van der Waals surface area contributed by atoms with E-state index in [2.05, 4.69) is 18.8 Å². The van der Waals surface area contributed by atoms with Gasteiger partial charge in [-0.2, -0.15) is 0 Å². The summed E-state index contributed by atoms with van der Waals surface area (Å²) in [6.45, 7) is 5.50. The molecule has 1 atom stereocenters. The lowest BCUT2D eigenvalue weighted by Crippen LogP contribution is -2.26. The van der Waals surface area contributed by atoms with Gasteiger partial charge in [0.25, 0.3) is 0 Å². The van der Waals surface area contributed by atoms with Gasteiger partial charge in [0, 0.05) is 13.0 Å². The van der Waals surface area contributed by atoms with Crippen molar-refractivity contribution < 1.29 is 0 Å². The van der Waals surface area contributed by atoms with Gasteiger partial charge in [0.15, 0.2) is 0 Å². The Bertz CT molecular complexity index is 175. The number of hydrogen-bond acceptors (Lipinski definition) is 2. The van der Waals surface area contributed by atoms with Crippen molar-refractivity contribution >= 4 is 5.84 Å². The average Bonchev–Trinajstić information content (AvgIpc) is 2.01. The smallest absolute Gasteiger partial charge is 0.0942 e. The van der Waals surface area contributed by atoms with E-state index in [1.807, 2.05) is 0 Å². The maximum atomic E-state index is 5.81. The second kappa shape index (κ2) is 3.92. The Morgan fingerprint density at radius 1 is 1.50 bits per heavy atom. The molecule has 2 nitrogen and oxygen atoms in total. The summed E-state index contributed by atoms with van der Waals surface area (Å²) in [5, 5.41) is 0. The molecule has 0 bridgehead atoms. The van der Waals surface area contributed by atoms with Gasteiger partial charge in [0.1, 0.15) is 0 Å². The van der Waals surface area contributed by atoms with Crippen molar-refractivity contribution in [3.05, 3.63) is 0 Å². The summed E-state index contributed by atoms with van der Waals surface area (Å²) in [5.41, 5.74) is 6.22. The van der Waals surface area contributed by atoms with Gasteiger partial charge in [-0.25, -0.2) is 0 Å². The first-order chi connectivity index (χ1) is 5.66. The van der Waals surface area contributed by atoms with Crippen LogP contribution in [0.5, 0.6) is 0 Å². The van der Waals surface area contributed by atoms with Gasteiger partial charge in [-0.3, -0.25) is 4.99 Å². The zero-order valence-electron chi connectivity index (χ0n) is 8.27. The Kier molecular flexibility index (Phi) is 3.12. The number of nitrogens with zero attached hydrogens (tertiary/aromatic N) is 1. The fourth-order valence-electron chi connectivity index (χ4n) is 1.77. The zero-order chi connectivity index (χ0) is 9.03. The fourth-order valence-corrected chi connectivity index (χ4v) is 1.77. The number of aliphatic imine (C=N–C) groups is 1. The molecule has 70 valence electrons. The van der Waals surface area contributed by atoms with Crippen molar-refractivity contribution in [1.82, 2.24) is 0 Å². The zero-order valence-corrected chi connectivity index (χ0v) is 8.27. The molecule has 0 aromatic rings. The first-order valence-corrected chi connectivity index (χ1v) is 4.95. The van der Waals surface area contributed by atoms with Crippen molar-refractivity contribution in [2.75, 3.05) is 6.54 Å². The van der Waals surface area contributed by atoms with Crippen LogP contribution in [0.4, 0.5) is 0 Å². The summed E-state index contributed by atoms with van der Waals surface area (Å²) in [6, 6.07) is 0. The first-order valence-electron chi connectivity index (χ1n) is 4.95. The first kappa shape index (κ1) is 9.56. The summed E-state index contributed by atoms with van der Waals surface area (Å²) in [4.78, 5) is 4.32. The summed E-state index contributed by atoms with van der Waals surface area (Å²) in [6.07, 6.45) is 6.02. The molecule has 1 heterocycles. The molecule has 1 aliphatic heterocycles. The lowest BCUT2D eigenvalue weighted by atomic mass is 9.78. The molecular formula is C10H20N2. The Balaban J connectivity index is 2.63. The molecule has 1 aliphatic rings. The van der Waals surface area contributed by atoms with Crippen molar-refractivity contribution in [1.29, 1.82) is 0 Å². The van der Waals surface area contributed by atoms with Gasteiger partial charge in [-0.15, -0.1) is 0 Å². The van der Waals surface area contributed by atoms with Crippen LogP contribution in [-0.4, -0.2) is 12.4 Å². The van der Waals surface area contributed by atoms with Crippen LogP contribution < -0.4 is 5.73 Å². The van der Waals surface area contributed by atoms with E-state index in [1.165, 1.54) is 25.7 Å². The molecule has 2 N–H and O–H groups in total. The third kappa shape index (κ3) is 2.50. The molecule has 0 saturated carbocycles. The maximum Gasteiger partial charge on any atom is 0.0942 e. The number of hydrogen-bond donors (Lipinski definition) is 1. The molecule has 0 amide bonds. The van der Waals surface area contributed by atoms with Crippen molar-refractivity contribution in [2.24, 2.45) is 16.1 Å². The molecule has 0 fully saturated rings. The lowest BCUT2D eigenvalue weighted by molar-refractivity contribution is 0.282. The van der Waals surface area contributed by atoms with E-state index in [1.54, 1.807) is 0 Å². The van der Waals surface area contributed by atoms with Crippen LogP contribution in [0.25, 0.3) is 0 Å². The highest BCUT2D eigenvalue weighted by molar-refractivity contribution is 5.81. The van der Waals surface area contributed by atoms with Crippen LogP contribution >= 0.6 is 0 Å². The van der Waals surface area contributed by atoms with Crippen molar-refractivity contribution in [3.8, 4) is 0 Å². The number of amidine groups is 1. The monoisotopic (exact) mass is 168 g/mol. The topological polar surface area (TPSA) is 38.4 Å². The van der Waals surface area contributed by atoms with Crippen LogP contribution in [0, 0.1) is 5.41 Å². The Morgan fingerprint density at radius 3 is 2.92 bits per heavy atom. The SMILES string of the molecule is CCC1(C)CCCCN=C(N)C1. The summed E-state index contributed by atoms with van der Waals surface area (Å²) >= 11 is 0. The van der Waals surface area contributed by atoms with E-state index < -0.39 is 0 Å². The molecule has 0 aliphatic carbocycles. The van der Waals surface area contributed by atoms with Crippen LogP contribution in [0.2, 0.25) is 0 Å². The van der Waals surface area contributed by atoms with Crippen molar-refractivity contribution in [3.63, 3.8) is 0 Å². The van der Waals surface area contributed by atoms with Crippen LogP contribution in [-0.2, 0) is 0 Å². The number of rotatable bonds is 1. The quantitative estimate of drug-likeness (QED) is 0.641. The lowest BCUT2D eigenvalue weighted by Gasteiger charge is -2.29. The molecule has 0 saturated heterocycles. The van der Waals surface area contributed by atoms with E-state index in [0.717, 1.165) is 18.8 Å². The van der Waals surface area contributed by atoms with Gasteiger partial charge in [-0.05, 0) is 18.3 Å². The molecule has 0 aromatic carbocycles.